The zero-order valence-corrected chi connectivity index (χ0v) is 15.1. The van der Waals surface area contributed by atoms with Gasteiger partial charge in [-0.25, -0.2) is 0 Å². The summed E-state index contributed by atoms with van der Waals surface area (Å²) in [4.78, 5) is 29.6. The molecule has 0 aromatic heterocycles. The van der Waals surface area contributed by atoms with E-state index in [-0.39, 0.29) is 24.6 Å². The molecular formula is C19H25N3O4. The highest BCUT2D eigenvalue weighted by Crippen LogP contribution is 2.33. The van der Waals surface area contributed by atoms with Crippen molar-refractivity contribution in [3.05, 3.63) is 23.8 Å². The molecule has 0 saturated carbocycles. The van der Waals surface area contributed by atoms with Crippen LogP contribution in [0.3, 0.4) is 0 Å². The Morgan fingerprint density at radius 2 is 2.04 bits per heavy atom. The molecule has 26 heavy (non-hydrogen) atoms. The molecule has 0 aliphatic carbocycles. The number of benzene rings is 1. The number of carbonyl (C=O) groups excluding carboxylic acids is 2. The Hall–Kier alpha value is -2.28. The molecule has 1 N–H and O–H groups in total. The van der Waals surface area contributed by atoms with Crippen LogP contribution >= 0.6 is 0 Å². The zero-order valence-electron chi connectivity index (χ0n) is 15.1. The summed E-state index contributed by atoms with van der Waals surface area (Å²) in [5.41, 5.74) is 0.545. The number of hydrogen-bond donors (Lipinski definition) is 1. The minimum Gasteiger partial charge on any atom is -0.454 e. The van der Waals surface area contributed by atoms with Gasteiger partial charge in [-0.3, -0.25) is 9.59 Å². The number of likely N-dealkylation sites (tertiary alicyclic amines) is 2. The van der Waals surface area contributed by atoms with Gasteiger partial charge in [0.05, 0.1) is 0 Å². The molecule has 1 aromatic carbocycles. The summed E-state index contributed by atoms with van der Waals surface area (Å²) in [5, 5.41) is 3.18. The van der Waals surface area contributed by atoms with Gasteiger partial charge in [0.25, 0.3) is 5.91 Å². The SMILES string of the molecule is CNCC1CCN(C(=O)C2CCCN2C(=O)c2ccc3c(c2)OCO3)C1. The van der Waals surface area contributed by atoms with Crippen molar-refractivity contribution in [1.29, 1.82) is 0 Å². The van der Waals surface area contributed by atoms with Crippen molar-refractivity contribution in [3.8, 4) is 11.5 Å². The van der Waals surface area contributed by atoms with Crippen LogP contribution in [0, 0.1) is 5.92 Å². The van der Waals surface area contributed by atoms with Gasteiger partial charge in [-0.1, -0.05) is 0 Å². The maximum absolute atomic E-state index is 13.0. The normalized spacial score (nSPS) is 24.3. The van der Waals surface area contributed by atoms with Gasteiger partial charge in [0.15, 0.2) is 11.5 Å². The molecule has 3 heterocycles. The van der Waals surface area contributed by atoms with E-state index in [4.69, 9.17) is 9.47 Å². The lowest BCUT2D eigenvalue weighted by Gasteiger charge is -2.28. The summed E-state index contributed by atoms with van der Waals surface area (Å²) in [6.45, 7) is 3.29. The Bertz CT molecular complexity index is 708. The third-order valence-corrected chi connectivity index (χ3v) is 5.51. The molecule has 2 fully saturated rings. The van der Waals surface area contributed by atoms with E-state index < -0.39 is 0 Å². The Kier molecular flexibility index (Phi) is 4.72. The highest BCUT2D eigenvalue weighted by atomic mass is 16.7. The van der Waals surface area contributed by atoms with Gasteiger partial charge >= 0.3 is 0 Å². The van der Waals surface area contributed by atoms with Crippen molar-refractivity contribution in [2.45, 2.75) is 25.3 Å². The van der Waals surface area contributed by atoms with Crippen LogP contribution in [0.4, 0.5) is 0 Å². The highest BCUT2D eigenvalue weighted by molar-refractivity contribution is 5.98. The molecule has 2 saturated heterocycles. The number of nitrogens with zero attached hydrogens (tertiary/aromatic N) is 2. The van der Waals surface area contributed by atoms with Crippen molar-refractivity contribution in [2.75, 3.05) is 40.0 Å². The number of fused-ring (bicyclic) bond motifs is 1. The summed E-state index contributed by atoms with van der Waals surface area (Å²) in [6.07, 6.45) is 2.62. The molecule has 7 nitrogen and oxygen atoms in total. The molecule has 140 valence electrons. The molecule has 2 atom stereocenters. The monoisotopic (exact) mass is 359 g/mol. The molecule has 0 radical (unpaired) electrons. The minimum absolute atomic E-state index is 0.0928. The molecule has 3 aliphatic heterocycles. The summed E-state index contributed by atoms with van der Waals surface area (Å²) in [7, 11) is 1.94. The molecular weight excluding hydrogens is 334 g/mol. The minimum atomic E-state index is -0.346. The standard InChI is InChI=1S/C19H25N3O4/c1-20-10-13-6-8-21(11-13)19(24)15-3-2-7-22(15)18(23)14-4-5-16-17(9-14)26-12-25-16/h4-5,9,13,15,20H,2-3,6-8,10-12H2,1H3. The van der Waals surface area contributed by atoms with Gasteiger partial charge < -0.3 is 24.6 Å². The fourth-order valence-corrected chi connectivity index (χ4v) is 4.16. The Balaban J connectivity index is 1.46. The Labute approximate surface area is 153 Å². The van der Waals surface area contributed by atoms with E-state index in [0.29, 0.717) is 29.5 Å². The molecule has 0 bridgehead atoms. The molecule has 0 spiro atoms. The topological polar surface area (TPSA) is 71.1 Å². The second-order valence-corrected chi connectivity index (χ2v) is 7.22. The smallest absolute Gasteiger partial charge is 0.254 e. The number of rotatable bonds is 4. The molecule has 2 amide bonds. The molecule has 3 aliphatic rings. The van der Waals surface area contributed by atoms with Gasteiger partial charge in [0.1, 0.15) is 6.04 Å². The largest absolute Gasteiger partial charge is 0.454 e. The van der Waals surface area contributed by atoms with Crippen LogP contribution in [-0.2, 0) is 4.79 Å². The number of hydrogen-bond acceptors (Lipinski definition) is 5. The fourth-order valence-electron chi connectivity index (χ4n) is 4.16. The summed E-state index contributed by atoms with van der Waals surface area (Å²) < 4.78 is 10.7. The van der Waals surface area contributed by atoms with Gasteiger partial charge in [-0.15, -0.1) is 0 Å². The number of amides is 2. The molecule has 2 unspecified atom stereocenters. The third-order valence-electron chi connectivity index (χ3n) is 5.51. The summed E-state index contributed by atoms with van der Waals surface area (Å²) >= 11 is 0. The second-order valence-electron chi connectivity index (χ2n) is 7.22. The maximum Gasteiger partial charge on any atom is 0.254 e. The van der Waals surface area contributed by atoms with E-state index in [1.807, 2.05) is 11.9 Å². The Morgan fingerprint density at radius 3 is 2.88 bits per heavy atom. The second kappa shape index (κ2) is 7.15. The van der Waals surface area contributed by atoms with E-state index in [2.05, 4.69) is 5.32 Å². The lowest BCUT2D eigenvalue weighted by atomic mass is 10.1. The van der Waals surface area contributed by atoms with Crippen LogP contribution in [0.1, 0.15) is 29.6 Å². The van der Waals surface area contributed by atoms with Crippen LogP contribution < -0.4 is 14.8 Å². The van der Waals surface area contributed by atoms with Crippen molar-refractivity contribution >= 4 is 11.8 Å². The van der Waals surface area contributed by atoms with E-state index in [1.165, 1.54) is 0 Å². The van der Waals surface area contributed by atoms with Crippen molar-refractivity contribution in [1.82, 2.24) is 15.1 Å². The van der Waals surface area contributed by atoms with Crippen LogP contribution in [0.5, 0.6) is 11.5 Å². The summed E-state index contributed by atoms with van der Waals surface area (Å²) in [6, 6.07) is 4.87. The van der Waals surface area contributed by atoms with Crippen LogP contribution in [0.2, 0.25) is 0 Å². The van der Waals surface area contributed by atoms with Gasteiger partial charge in [0, 0.05) is 25.2 Å². The lowest BCUT2D eigenvalue weighted by molar-refractivity contribution is -0.134. The molecule has 4 rings (SSSR count). The fraction of sp³-hybridized carbons (Fsp3) is 0.579. The third kappa shape index (κ3) is 3.11. The van der Waals surface area contributed by atoms with Gasteiger partial charge in [-0.2, -0.15) is 0 Å². The summed E-state index contributed by atoms with van der Waals surface area (Å²) in [5.74, 6) is 1.74. The van der Waals surface area contributed by atoms with E-state index in [0.717, 1.165) is 38.9 Å². The average Bonchev–Trinajstić information content (AvgIpc) is 3.39. The number of ether oxygens (including phenoxy) is 2. The predicted molar refractivity (Wildman–Crippen MR) is 95.2 cm³/mol. The first-order chi connectivity index (χ1) is 12.7. The van der Waals surface area contributed by atoms with Crippen LogP contribution in [0.15, 0.2) is 18.2 Å². The number of carbonyl (C=O) groups is 2. The number of nitrogens with one attached hydrogen (secondary N) is 1. The molecule has 1 aromatic rings. The first-order valence-corrected chi connectivity index (χ1v) is 9.31. The van der Waals surface area contributed by atoms with E-state index >= 15 is 0 Å². The lowest BCUT2D eigenvalue weighted by Crippen LogP contribution is -2.47. The highest BCUT2D eigenvalue weighted by Gasteiger charge is 2.39. The first kappa shape index (κ1) is 17.1. The van der Waals surface area contributed by atoms with E-state index in [9.17, 15) is 9.59 Å². The van der Waals surface area contributed by atoms with Crippen LogP contribution in [0.25, 0.3) is 0 Å². The van der Waals surface area contributed by atoms with Gasteiger partial charge in [0.2, 0.25) is 12.7 Å². The first-order valence-electron chi connectivity index (χ1n) is 9.31. The quantitative estimate of drug-likeness (QED) is 0.871. The zero-order chi connectivity index (χ0) is 18.1. The maximum atomic E-state index is 13.0. The van der Waals surface area contributed by atoms with Crippen LogP contribution in [-0.4, -0.2) is 67.7 Å². The van der Waals surface area contributed by atoms with E-state index in [1.54, 1.807) is 23.1 Å². The Morgan fingerprint density at radius 1 is 1.19 bits per heavy atom. The van der Waals surface area contributed by atoms with Crippen molar-refractivity contribution in [2.24, 2.45) is 5.92 Å². The molecule has 7 heteroatoms. The van der Waals surface area contributed by atoms with Gasteiger partial charge in [-0.05, 0) is 57.0 Å². The van der Waals surface area contributed by atoms with Crippen molar-refractivity contribution in [3.63, 3.8) is 0 Å². The predicted octanol–water partition coefficient (Wildman–Crippen LogP) is 1.09. The van der Waals surface area contributed by atoms with Crippen molar-refractivity contribution < 1.29 is 19.1 Å². The average molecular weight is 359 g/mol.